The molecule has 2 rings (SSSR count). The van der Waals surface area contributed by atoms with Gasteiger partial charge in [-0.15, -0.1) is 0 Å². The lowest BCUT2D eigenvalue weighted by Gasteiger charge is -2.41. The van der Waals surface area contributed by atoms with Crippen LogP contribution in [0.25, 0.3) is 0 Å². The second-order valence-electron chi connectivity index (χ2n) is 6.25. The van der Waals surface area contributed by atoms with E-state index in [0.29, 0.717) is 6.54 Å². The molecule has 134 valence electrons. The van der Waals surface area contributed by atoms with E-state index < -0.39 is 37.0 Å². The van der Waals surface area contributed by atoms with Crippen LogP contribution in [0.2, 0.25) is 0 Å². The van der Waals surface area contributed by atoms with Crippen molar-refractivity contribution in [2.45, 2.75) is 43.2 Å². The zero-order valence-electron chi connectivity index (χ0n) is 13.7. The van der Waals surface area contributed by atoms with Gasteiger partial charge in [-0.2, -0.15) is 0 Å². The summed E-state index contributed by atoms with van der Waals surface area (Å²) in [5, 5.41) is 41.6. The summed E-state index contributed by atoms with van der Waals surface area (Å²) in [7, 11) is 1.63. The summed E-state index contributed by atoms with van der Waals surface area (Å²) in [6, 6.07) is 8.03. The first-order valence-corrected chi connectivity index (χ1v) is 8.15. The Kier molecular flexibility index (Phi) is 6.70. The average molecular weight is 338 g/mol. The van der Waals surface area contributed by atoms with Crippen molar-refractivity contribution < 1.29 is 25.2 Å². The number of amides is 1. The molecule has 1 aliphatic rings. The molecule has 0 spiro atoms. The van der Waals surface area contributed by atoms with Gasteiger partial charge in [-0.25, -0.2) is 0 Å². The van der Waals surface area contributed by atoms with Crippen molar-refractivity contribution in [1.82, 2.24) is 10.2 Å². The van der Waals surface area contributed by atoms with E-state index in [-0.39, 0.29) is 5.91 Å². The van der Waals surface area contributed by atoms with Crippen LogP contribution in [0.15, 0.2) is 30.3 Å². The summed E-state index contributed by atoms with van der Waals surface area (Å²) in [6.45, 7) is 0.0630. The van der Waals surface area contributed by atoms with Crippen molar-refractivity contribution in [2.24, 2.45) is 0 Å². The number of carbonyl (C=O) groups excluding carboxylic acids is 1. The van der Waals surface area contributed by atoms with Crippen molar-refractivity contribution >= 4 is 5.91 Å². The number of hydrogen-bond donors (Lipinski definition) is 5. The summed E-state index contributed by atoms with van der Waals surface area (Å²) >= 11 is 0. The van der Waals surface area contributed by atoms with Crippen molar-refractivity contribution in [3.63, 3.8) is 0 Å². The van der Waals surface area contributed by atoms with Gasteiger partial charge in [-0.1, -0.05) is 30.3 Å². The number of nitrogens with zero attached hydrogens (tertiary/aromatic N) is 1. The Morgan fingerprint density at radius 1 is 1.12 bits per heavy atom. The van der Waals surface area contributed by atoms with E-state index in [2.05, 4.69) is 5.32 Å². The molecule has 0 aliphatic carbocycles. The highest BCUT2D eigenvalue weighted by Crippen LogP contribution is 2.17. The van der Waals surface area contributed by atoms with Crippen LogP contribution in [0.3, 0.4) is 0 Å². The Morgan fingerprint density at radius 2 is 1.79 bits per heavy atom. The van der Waals surface area contributed by atoms with E-state index in [4.69, 9.17) is 0 Å². The fraction of sp³-hybridized carbons (Fsp3) is 0.588. The topological polar surface area (TPSA) is 113 Å². The third kappa shape index (κ3) is 4.31. The first kappa shape index (κ1) is 18.8. The minimum Gasteiger partial charge on any atom is -0.395 e. The van der Waals surface area contributed by atoms with Gasteiger partial charge < -0.3 is 25.3 Å². The molecule has 1 aromatic carbocycles. The predicted molar refractivity (Wildman–Crippen MR) is 88.2 cm³/mol. The maximum Gasteiger partial charge on any atom is 0.242 e. The minimum absolute atomic E-state index is 0.375. The molecule has 5 N–H and O–H groups in total. The van der Waals surface area contributed by atoms with E-state index in [0.717, 1.165) is 12.8 Å². The van der Waals surface area contributed by atoms with Crippen molar-refractivity contribution in [1.29, 1.82) is 0 Å². The monoisotopic (exact) mass is 338 g/mol. The Labute approximate surface area is 141 Å². The summed E-state index contributed by atoms with van der Waals surface area (Å²) in [6.07, 6.45) is -2.62. The number of rotatable bonds is 6. The van der Waals surface area contributed by atoms with Crippen LogP contribution in [0, 0.1) is 0 Å². The number of aryl methyl sites for hydroxylation is 1. The van der Waals surface area contributed by atoms with Crippen LogP contribution in [-0.2, 0) is 11.2 Å². The SMILES string of the molecule is CN(CCCc1ccccc1)C(=O)[C@H]1N[C@H](CO)[C@@H](O)[C@H](O)[C@@H]1O. The van der Waals surface area contributed by atoms with Gasteiger partial charge in [0.25, 0.3) is 0 Å². The standard InChI is InChI=1S/C17H26N2O5/c1-19(9-5-8-11-6-3-2-4-7-11)17(24)13-15(22)16(23)14(21)12(10-20)18-13/h2-4,6-7,12-16,18,20-23H,5,8-10H2,1H3/t12-,13+,14-,15-,16+/m1/s1. The second-order valence-corrected chi connectivity index (χ2v) is 6.25. The highest BCUT2D eigenvalue weighted by Gasteiger charge is 2.45. The quantitative estimate of drug-likeness (QED) is 0.431. The van der Waals surface area contributed by atoms with E-state index in [1.807, 2.05) is 30.3 Å². The van der Waals surface area contributed by atoms with Gasteiger partial charge in [0, 0.05) is 13.6 Å². The number of hydrogen-bond acceptors (Lipinski definition) is 6. The van der Waals surface area contributed by atoms with Crippen LogP contribution < -0.4 is 5.32 Å². The smallest absolute Gasteiger partial charge is 0.242 e. The number of aliphatic hydroxyl groups excluding tert-OH is 4. The molecule has 1 heterocycles. The number of carbonyl (C=O) groups is 1. The van der Waals surface area contributed by atoms with Gasteiger partial charge in [-0.3, -0.25) is 10.1 Å². The van der Waals surface area contributed by atoms with Gasteiger partial charge in [0.2, 0.25) is 5.91 Å². The summed E-state index contributed by atoms with van der Waals surface area (Å²) in [5.74, 6) is -0.375. The molecular formula is C17H26N2O5. The van der Waals surface area contributed by atoms with Gasteiger partial charge >= 0.3 is 0 Å². The largest absolute Gasteiger partial charge is 0.395 e. The Bertz CT molecular complexity index is 525. The first-order valence-electron chi connectivity index (χ1n) is 8.15. The molecule has 7 heteroatoms. The molecule has 1 aliphatic heterocycles. The van der Waals surface area contributed by atoms with Crippen LogP contribution >= 0.6 is 0 Å². The molecule has 0 unspecified atom stereocenters. The molecule has 1 aromatic rings. The highest BCUT2D eigenvalue weighted by molar-refractivity contribution is 5.82. The summed E-state index contributed by atoms with van der Waals surface area (Å²) in [4.78, 5) is 14.0. The lowest BCUT2D eigenvalue weighted by Crippen LogP contribution is -2.69. The number of piperidine rings is 1. The summed E-state index contributed by atoms with van der Waals surface area (Å²) in [5.41, 5.74) is 1.19. The number of benzene rings is 1. The van der Waals surface area contributed by atoms with Crippen LogP contribution in [0.1, 0.15) is 12.0 Å². The fourth-order valence-corrected chi connectivity index (χ4v) is 2.96. The van der Waals surface area contributed by atoms with Crippen molar-refractivity contribution in [3.05, 3.63) is 35.9 Å². The molecule has 0 bridgehead atoms. The van der Waals surface area contributed by atoms with E-state index in [1.165, 1.54) is 10.5 Å². The number of likely N-dealkylation sites (N-methyl/N-ethyl adjacent to an activating group) is 1. The number of nitrogens with one attached hydrogen (secondary N) is 1. The van der Waals surface area contributed by atoms with Gasteiger partial charge in [-0.05, 0) is 18.4 Å². The lowest BCUT2D eigenvalue weighted by atomic mass is 9.90. The lowest BCUT2D eigenvalue weighted by molar-refractivity contribution is -0.152. The molecule has 0 radical (unpaired) electrons. The van der Waals surface area contributed by atoms with Gasteiger partial charge in [0.15, 0.2) is 0 Å². The molecule has 5 atom stereocenters. The second kappa shape index (κ2) is 8.55. The average Bonchev–Trinajstić information content (AvgIpc) is 2.60. The van der Waals surface area contributed by atoms with Crippen molar-refractivity contribution in [3.8, 4) is 0 Å². The third-order valence-electron chi connectivity index (χ3n) is 4.49. The molecular weight excluding hydrogens is 312 g/mol. The molecule has 1 fully saturated rings. The maximum absolute atomic E-state index is 12.5. The normalized spacial score (nSPS) is 30.1. The minimum atomic E-state index is -1.48. The fourth-order valence-electron chi connectivity index (χ4n) is 2.96. The van der Waals surface area contributed by atoms with Crippen LogP contribution in [0.4, 0.5) is 0 Å². The number of aliphatic hydroxyl groups is 4. The van der Waals surface area contributed by atoms with E-state index in [9.17, 15) is 25.2 Å². The van der Waals surface area contributed by atoms with Gasteiger partial charge in [0.05, 0.1) is 12.6 Å². The first-order chi connectivity index (χ1) is 11.5. The Morgan fingerprint density at radius 3 is 2.42 bits per heavy atom. The summed E-state index contributed by atoms with van der Waals surface area (Å²) < 4.78 is 0. The van der Waals surface area contributed by atoms with Gasteiger partial charge in [0.1, 0.15) is 24.4 Å². The Balaban J connectivity index is 1.89. The predicted octanol–water partition coefficient (Wildman–Crippen LogP) is -1.51. The van der Waals surface area contributed by atoms with Crippen LogP contribution in [0.5, 0.6) is 0 Å². The highest BCUT2D eigenvalue weighted by atomic mass is 16.4. The van der Waals surface area contributed by atoms with Crippen molar-refractivity contribution in [2.75, 3.05) is 20.2 Å². The molecule has 7 nitrogen and oxygen atoms in total. The van der Waals surface area contributed by atoms with Crippen LogP contribution in [-0.4, -0.2) is 81.8 Å². The van der Waals surface area contributed by atoms with E-state index in [1.54, 1.807) is 7.05 Å². The zero-order chi connectivity index (χ0) is 17.7. The maximum atomic E-state index is 12.5. The molecule has 24 heavy (non-hydrogen) atoms. The third-order valence-corrected chi connectivity index (χ3v) is 4.49. The zero-order valence-corrected chi connectivity index (χ0v) is 13.7. The molecule has 1 saturated heterocycles. The Hall–Kier alpha value is -1.51. The van der Waals surface area contributed by atoms with E-state index >= 15 is 0 Å². The molecule has 0 aromatic heterocycles. The molecule has 0 saturated carbocycles. The molecule has 1 amide bonds.